The van der Waals surface area contributed by atoms with Crippen molar-refractivity contribution in [3.63, 3.8) is 0 Å². The molecule has 0 aliphatic carbocycles. The molecule has 226 valence electrons. The number of rotatable bonds is 6. The van der Waals surface area contributed by atoms with E-state index in [0.717, 1.165) is 13.8 Å². The van der Waals surface area contributed by atoms with Gasteiger partial charge in [0.1, 0.15) is 0 Å². The van der Waals surface area contributed by atoms with E-state index in [2.05, 4.69) is 104 Å². The van der Waals surface area contributed by atoms with E-state index >= 15 is 0 Å². The first kappa shape index (κ1) is 39.3. The molecule has 0 unspecified atom stereocenters. The van der Waals surface area contributed by atoms with Gasteiger partial charge in [-0.1, -0.05) is 24.3 Å². The number of carboxylic acid groups (broad SMARTS) is 2. The second kappa shape index (κ2) is 21.9. The molecule has 0 saturated heterocycles. The SMILES string of the molecule is CC(=O)O.CC(=O)O.[Rh].[Rh].[c-]1sccc1P(c1cccs1)c1cccs1.[c-]1sccc1P(c1cccs1)c1cccs1. The van der Waals surface area contributed by atoms with Crippen LogP contribution in [0.15, 0.2) is 92.9 Å². The van der Waals surface area contributed by atoms with Gasteiger partial charge < -0.3 is 32.9 Å². The molecule has 42 heavy (non-hydrogen) atoms. The Kier molecular flexibility index (Phi) is 20.4. The molecular formula is C28H24O4P2Rh2S6-2. The second-order valence-corrected chi connectivity index (χ2v) is 18.0. The zero-order valence-corrected chi connectivity index (χ0v) is 31.9. The van der Waals surface area contributed by atoms with E-state index in [1.54, 1.807) is 22.7 Å². The van der Waals surface area contributed by atoms with E-state index in [0.29, 0.717) is 0 Å². The molecule has 6 aromatic heterocycles. The average Bonchev–Trinajstić information content (AvgIpc) is 3.72. The molecule has 0 fully saturated rings. The maximum atomic E-state index is 9.00. The van der Waals surface area contributed by atoms with Gasteiger partial charge in [0.15, 0.2) is 0 Å². The summed E-state index contributed by atoms with van der Waals surface area (Å²) in [6.45, 7) is 2.17. The summed E-state index contributed by atoms with van der Waals surface area (Å²) in [5, 5.41) is 37.2. The van der Waals surface area contributed by atoms with Crippen molar-refractivity contribution < 1.29 is 58.8 Å². The van der Waals surface area contributed by atoms with E-state index in [1.165, 1.54) is 29.1 Å². The van der Waals surface area contributed by atoms with Crippen LogP contribution >= 0.6 is 83.9 Å². The molecule has 6 aromatic rings. The maximum absolute atomic E-state index is 9.00. The Bertz CT molecular complexity index is 1190. The Morgan fingerprint density at radius 1 is 0.548 bits per heavy atom. The van der Waals surface area contributed by atoms with Crippen LogP contribution in [-0.2, 0) is 48.5 Å². The first-order valence-corrected chi connectivity index (χ1v) is 19.4. The number of carbonyl (C=O) groups is 2. The van der Waals surface area contributed by atoms with Gasteiger partial charge in [0.25, 0.3) is 11.9 Å². The summed E-state index contributed by atoms with van der Waals surface area (Å²) in [6, 6.07) is 21.9. The van der Waals surface area contributed by atoms with Gasteiger partial charge in [0.2, 0.25) is 0 Å². The van der Waals surface area contributed by atoms with E-state index < -0.39 is 11.9 Å². The third kappa shape index (κ3) is 13.5. The van der Waals surface area contributed by atoms with Crippen LogP contribution in [0.1, 0.15) is 13.8 Å². The number of aliphatic carboxylic acids is 2. The Balaban J connectivity index is 0.000000324. The molecule has 0 atom stereocenters. The molecule has 0 aromatic carbocycles. The summed E-state index contributed by atoms with van der Waals surface area (Å²) in [5.41, 5.74) is 0. The third-order valence-electron chi connectivity index (χ3n) is 4.30. The van der Waals surface area contributed by atoms with Crippen molar-refractivity contribution in [2.45, 2.75) is 13.8 Å². The Morgan fingerprint density at radius 3 is 0.976 bits per heavy atom. The predicted molar refractivity (Wildman–Crippen MR) is 182 cm³/mol. The predicted octanol–water partition coefficient (Wildman–Crippen LogP) is 7.04. The molecule has 14 heteroatoms. The molecule has 2 radical (unpaired) electrons. The van der Waals surface area contributed by atoms with Gasteiger partial charge in [0.05, 0.1) is 0 Å². The van der Waals surface area contributed by atoms with Gasteiger partial charge in [0, 0.05) is 71.3 Å². The van der Waals surface area contributed by atoms with Gasteiger partial charge >= 0.3 is 0 Å². The number of carboxylic acids is 2. The fraction of sp³-hybridized carbons (Fsp3) is 0.0714. The minimum absolute atomic E-state index is 0. The van der Waals surface area contributed by atoms with Crippen molar-refractivity contribution in [3.05, 3.63) is 104 Å². The molecule has 0 saturated carbocycles. The van der Waals surface area contributed by atoms with Crippen molar-refractivity contribution in [2.24, 2.45) is 0 Å². The molecule has 0 amide bonds. The van der Waals surface area contributed by atoms with E-state index in [9.17, 15) is 0 Å². The van der Waals surface area contributed by atoms with Gasteiger partial charge in [-0.25, -0.2) is 0 Å². The zero-order valence-electron chi connectivity index (χ0n) is 22.0. The van der Waals surface area contributed by atoms with Crippen molar-refractivity contribution >= 4 is 125 Å². The molecule has 6 rings (SSSR count). The molecule has 2 N–H and O–H groups in total. The minimum atomic E-state index is -0.833. The number of thiophene rings is 6. The fourth-order valence-electron chi connectivity index (χ4n) is 2.97. The van der Waals surface area contributed by atoms with Crippen molar-refractivity contribution in [2.75, 3.05) is 0 Å². The van der Waals surface area contributed by atoms with Gasteiger partial charge in [-0.15, -0.1) is 66.7 Å². The summed E-state index contributed by atoms with van der Waals surface area (Å²) < 4.78 is 5.86. The first-order chi connectivity index (χ1) is 19.4. The number of hydrogen-bond acceptors (Lipinski definition) is 8. The largest absolute Gasteiger partial charge is 0.481 e. The number of hydrogen-bond donors (Lipinski definition) is 2. The molecule has 0 bridgehead atoms. The molecular weight excluding hydrogens is 860 g/mol. The quantitative estimate of drug-likeness (QED) is 0.107. The van der Waals surface area contributed by atoms with Crippen LogP contribution in [0.2, 0.25) is 0 Å². The van der Waals surface area contributed by atoms with Crippen LogP contribution in [-0.4, -0.2) is 22.2 Å². The third-order valence-corrected chi connectivity index (χ3v) is 15.8. The normalized spacial score (nSPS) is 9.62. The van der Waals surface area contributed by atoms with Crippen LogP contribution in [0.25, 0.3) is 0 Å². The molecule has 4 nitrogen and oxygen atoms in total. The topological polar surface area (TPSA) is 74.6 Å². The van der Waals surface area contributed by atoms with Crippen LogP contribution in [0.5, 0.6) is 0 Å². The summed E-state index contributed by atoms with van der Waals surface area (Å²) in [6.07, 6.45) is 0. The summed E-state index contributed by atoms with van der Waals surface area (Å²) >= 11 is 10.7. The fourth-order valence-corrected chi connectivity index (χ4v) is 14.9. The summed E-state index contributed by atoms with van der Waals surface area (Å²) in [4.78, 5) is 18.0. The zero-order chi connectivity index (χ0) is 28.7. The molecule has 0 aliphatic rings. The van der Waals surface area contributed by atoms with Gasteiger partial charge in [-0.05, 0) is 61.6 Å². The van der Waals surface area contributed by atoms with Crippen LogP contribution in [0, 0.1) is 10.8 Å². The van der Waals surface area contributed by atoms with Crippen molar-refractivity contribution in [1.29, 1.82) is 0 Å². The van der Waals surface area contributed by atoms with Crippen molar-refractivity contribution in [3.8, 4) is 0 Å². The summed E-state index contributed by atoms with van der Waals surface area (Å²) in [5.74, 6) is -1.67. The van der Waals surface area contributed by atoms with E-state index in [-0.39, 0.29) is 54.8 Å². The molecule has 6 heterocycles. The average molecular weight is 885 g/mol. The maximum Gasteiger partial charge on any atom is 0.300 e. The molecule has 0 spiro atoms. The first-order valence-electron chi connectivity index (χ1n) is 11.4. The van der Waals surface area contributed by atoms with E-state index in [4.69, 9.17) is 19.8 Å². The Hall–Kier alpha value is -0.753. The van der Waals surface area contributed by atoms with Gasteiger partial charge in [-0.3, -0.25) is 9.59 Å². The minimum Gasteiger partial charge on any atom is -0.481 e. The Morgan fingerprint density at radius 2 is 0.810 bits per heavy atom. The van der Waals surface area contributed by atoms with Gasteiger partial charge in [-0.2, -0.15) is 22.9 Å². The van der Waals surface area contributed by atoms with Crippen LogP contribution in [0.4, 0.5) is 0 Å². The standard InChI is InChI=1S/2C12H8PS3.2C2H4O2.2Rh/c2*1-3-11(15-6-1)13(10-5-8-14-9-10)12-4-2-7-16-12;2*1-2(3)4;;/h2*1-8H;2*1H3,(H,3,4);;/q2*-1;;;;. The van der Waals surface area contributed by atoms with Crippen LogP contribution < -0.4 is 29.1 Å². The van der Waals surface area contributed by atoms with E-state index in [1.807, 2.05) is 45.3 Å². The monoisotopic (exact) mass is 884 g/mol. The van der Waals surface area contributed by atoms with Crippen molar-refractivity contribution in [1.82, 2.24) is 0 Å². The molecule has 0 aliphatic heterocycles. The smallest absolute Gasteiger partial charge is 0.300 e. The van der Waals surface area contributed by atoms with Crippen LogP contribution in [0.3, 0.4) is 0 Å². The second-order valence-electron chi connectivity index (χ2n) is 7.33. The summed E-state index contributed by atoms with van der Waals surface area (Å²) in [7, 11) is -0.686. The Labute approximate surface area is 298 Å².